The zero-order valence-corrected chi connectivity index (χ0v) is 11.5. The van der Waals surface area contributed by atoms with E-state index < -0.39 is 0 Å². The lowest BCUT2D eigenvalue weighted by atomic mass is 9.84. The zero-order chi connectivity index (χ0) is 12.0. The number of hydrogen-bond donors (Lipinski definition) is 1. The molecule has 0 bridgehead atoms. The van der Waals surface area contributed by atoms with Crippen molar-refractivity contribution in [2.45, 2.75) is 71.4 Å². The standard InChI is InChI=1S/C14H29NO/c1-5-12-6-8-13(9-7-12)15-10-11-16-14(2,3)4/h12-13,15H,5-11H2,1-4H3. The quantitative estimate of drug-likeness (QED) is 0.727. The molecule has 1 saturated carbocycles. The van der Waals surface area contributed by atoms with Crippen LogP contribution in [0.25, 0.3) is 0 Å². The van der Waals surface area contributed by atoms with Gasteiger partial charge in [0.25, 0.3) is 0 Å². The van der Waals surface area contributed by atoms with Crippen molar-refractivity contribution in [3.05, 3.63) is 0 Å². The summed E-state index contributed by atoms with van der Waals surface area (Å²) in [6, 6.07) is 0.742. The molecule has 0 aromatic carbocycles. The van der Waals surface area contributed by atoms with Crippen LogP contribution in [0.5, 0.6) is 0 Å². The molecule has 1 aliphatic carbocycles. The normalized spacial score (nSPS) is 27.0. The van der Waals surface area contributed by atoms with Gasteiger partial charge in [0, 0.05) is 12.6 Å². The third kappa shape index (κ3) is 5.86. The first-order valence-corrected chi connectivity index (χ1v) is 6.88. The molecule has 0 amide bonds. The second-order valence-electron chi connectivity index (χ2n) is 6.04. The Bertz CT molecular complexity index is 178. The summed E-state index contributed by atoms with van der Waals surface area (Å²) in [5.74, 6) is 0.990. The summed E-state index contributed by atoms with van der Waals surface area (Å²) in [5, 5.41) is 3.61. The van der Waals surface area contributed by atoms with Gasteiger partial charge in [-0.2, -0.15) is 0 Å². The summed E-state index contributed by atoms with van der Waals surface area (Å²) < 4.78 is 5.70. The molecular weight excluding hydrogens is 198 g/mol. The molecule has 96 valence electrons. The van der Waals surface area contributed by atoms with Crippen LogP contribution >= 0.6 is 0 Å². The SMILES string of the molecule is CCC1CCC(NCCOC(C)(C)C)CC1. The molecule has 2 nitrogen and oxygen atoms in total. The van der Waals surface area contributed by atoms with Crippen molar-refractivity contribution in [1.82, 2.24) is 5.32 Å². The second kappa shape index (κ2) is 6.61. The van der Waals surface area contributed by atoms with Crippen LogP contribution in [-0.2, 0) is 4.74 Å². The molecule has 0 aromatic rings. The fourth-order valence-corrected chi connectivity index (χ4v) is 2.40. The summed E-state index contributed by atoms with van der Waals surface area (Å²) in [6.07, 6.45) is 6.89. The number of hydrogen-bond acceptors (Lipinski definition) is 2. The smallest absolute Gasteiger partial charge is 0.0599 e. The Kier molecular flexibility index (Phi) is 5.77. The van der Waals surface area contributed by atoms with Crippen molar-refractivity contribution < 1.29 is 4.74 Å². The predicted molar refractivity (Wildman–Crippen MR) is 69.7 cm³/mol. The Hall–Kier alpha value is -0.0800. The van der Waals surface area contributed by atoms with Crippen LogP contribution in [0, 0.1) is 5.92 Å². The van der Waals surface area contributed by atoms with Gasteiger partial charge in [-0.15, -0.1) is 0 Å². The molecule has 2 heteroatoms. The van der Waals surface area contributed by atoms with Gasteiger partial charge >= 0.3 is 0 Å². The van der Waals surface area contributed by atoms with Crippen molar-refractivity contribution in [2.75, 3.05) is 13.2 Å². The van der Waals surface area contributed by atoms with Crippen LogP contribution in [0.15, 0.2) is 0 Å². The third-order valence-electron chi connectivity index (χ3n) is 3.49. The molecule has 0 radical (unpaired) electrons. The highest BCUT2D eigenvalue weighted by atomic mass is 16.5. The topological polar surface area (TPSA) is 21.3 Å². The van der Waals surface area contributed by atoms with Gasteiger partial charge in [0.1, 0.15) is 0 Å². The summed E-state index contributed by atoms with van der Waals surface area (Å²) >= 11 is 0. The van der Waals surface area contributed by atoms with E-state index in [1.54, 1.807) is 0 Å². The molecular formula is C14H29NO. The maximum Gasteiger partial charge on any atom is 0.0599 e. The van der Waals surface area contributed by atoms with E-state index in [4.69, 9.17) is 4.74 Å². The van der Waals surface area contributed by atoms with Crippen molar-refractivity contribution in [2.24, 2.45) is 5.92 Å². The first kappa shape index (κ1) is 14.0. The predicted octanol–water partition coefficient (Wildman–Crippen LogP) is 3.36. The van der Waals surface area contributed by atoms with Crippen molar-refractivity contribution in [3.63, 3.8) is 0 Å². The van der Waals surface area contributed by atoms with E-state index in [0.717, 1.165) is 25.1 Å². The Balaban J connectivity index is 2.02. The average Bonchev–Trinajstić information content (AvgIpc) is 2.24. The monoisotopic (exact) mass is 227 g/mol. The molecule has 0 atom stereocenters. The molecule has 0 spiro atoms. The Labute approximate surface area is 101 Å². The number of rotatable bonds is 5. The summed E-state index contributed by atoms with van der Waals surface area (Å²) in [7, 11) is 0. The highest BCUT2D eigenvalue weighted by molar-refractivity contribution is 4.76. The van der Waals surface area contributed by atoms with Gasteiger partial charge < -0.3 is 10.1 Å². The third-order valence-corrected chi connectivity index (χ3v) is 3.49. The Morgan fingerprint density at radius 2 is 1.75 bits per heavy atom. The lowest BCUT2D eigenvalue weighted by Crippen LogP contribution is -2.36. The van der Waals surface area contributed by atoms with Gasteiger partial charge in [-0.1, -0.05) is 13.3 Å². The van der Waals surface area contributed by atoms with Crippen LogP contribution < -0.4 is 5.32 Å². The van der Waals surface area contributed by atoms with E-state index in [0.29, 0.717) is 0 Å². The van der Waals surface area contributed by atoms with Gasteiger partial charge in [0.15, 0.2) is 0 Å². The Morgan fingerprint density at radius 1 is 1.12 bits per heavy atom. The second-order valence-corrected chi connectivity index (χ2v) is 6.04. The Morgan fingerprint density at radius 3 is 2.25 bits per heavy atom. The van der Waals surface area contributed by atoms with Gasteiger partial charge in [-0.3, -0.25) is 0 Å². The lowest BCUT2D eigenvalue weighted by molar-refractivity contribution is -0.00211. The van der Waals surface area contributed by atoms with Gasteiger partial charge in [-0.05, 0) is 52.4 Å². The first-order chi connectivity index (χ1) is 7.51. The highest BCUT2D eigenvalue weighted by Gasteiger charge is 2.19. The maximum atomic E-state index is 5.70. The molecule has 0 heterocycles. The summed E-state index contributed by atoms with van der Waals surface area (Å²) in [6.45, 7) is 10.5. The lowest BCUT2D eigenvalue weighted by Gasteiger charge is -2.29. The first-order valence-electron chi connectivity index (χ1n) is 6.88. The van der Waals surface area contributed by atoms with Crippen molar-refractivity contribution in [1.29, 1.82) is 0 Å². The highest BCUT2D eigenvalue weighted by Crippen LogP contribution is 2.26. The number of nitrogens with one attached hydrogen (secondary N) is 1. The van der Waals surface area contributed by atoms with E-state index in [-0.39, 0.29) is 5.60 Å². The minimum atomic E-state index is 0.00154. The van der Waals surface area contributed by atoms with Crippen LogP contribution in [0.3, 0.4) is 0 Å². The minimum absolute atomic E-state index is 0.00154. The maximum absolute atomic E-state index is 5.70. The van der Waals surface area contributed by atoms with Gasteiger partial charge in [0.2, 0.25) is 0 Å². The molecule has 1 aliphatic rings. The van der Waals surface area contributed by atoms with Crippen LogP contribution in [0.1, 0.15) is 59.8 Å². The number of ether oxygens (including phenoxy) is 1. The van der Waals surface area contributed by atoms with E-state index >= 15 is 0 Å². The molecule has 0 unspecified atom stereocenters. The van der Waals surface area contributed by atoms with Gasteiger partial charge in [-0.25, -0.2) is 0 Å². The van der Waals surface area contributed by atoms with Crippen molar-refractivity contribution in [3.8, 4) is 0 Å². The molecule has 1 N–H and O–H groups in total. The molecule has 0 saturated heterocycles. The van der Waals surface area contributed by atoms with E-state index in [1.165, 1.54) is 32.1 Å². The van der Waals surface area contributed by atoms with Gasteiger partial charge in [0.05, 0.1) is 12.2 Å². The van der Waals surface area contributed by atoms with E-state index in [9.17, 15) is 0 Å². The minimum Gasteiger partial charge on any atom is -0.375 e. The molecule has 1 fully saturated rings. The molecule has 1 rings (SSSR count). The molecule has 0 aliphatic heterocycles. The van der Waals surface area contributed by atoms with Crippen LogP contribution in [0.4, 0.5) is 0 Å². The molecule has 0 aromatic heterocycles. The molecule has 16 heavy (non-hydrogen) atoms. The van der Waals surface area contributed by atoms with Crippen LogP contribution in [-0.4, -0.2) is 24.8 Å². The fraction of sp³-hybridized carbons (Fsp3) is 1.00. The zero-order valence-electron chi connectivity index (χ0n) is 11.5. The fourth-order valence-electron chi connectivity index (χ4n) is 2.40. The largest absolute Gasteiger partial charge is 0.375 e. The van der Waals surface area contributed by atoms with Crippen molar-refractivity contribution >= 4 is 0 Å². The van der Waals surface area contributed by atoms with E-state index in [1.807, 2.05) is 0 Å². The van der Waals surface area contributed by atoms with E-state index in [2.05, 4.69) is 33.0 Å². The average molecular weight is 227 g/mol. The summed E-state index contributed by atoms with van der Waals surface area (Å²) in [5.41, 5.74) is 0.00154. The van der Waals surface area contributed by atoms with Crippen LogP contribution in [0.2, 0.25) is 0 Å². The summed E-state index contributed by atoms with van der Waals surface area (Å²) in [4.78, 5) is 0.